The predicted molar refractivity (Wildman–Crippen MR) is 86.8 cm³/mol. The van der Waals surface area contributed by atoms with Crippen LogP contribution in [0, 0.1) is 13.8 Å². The minimum atomic E-state index is -0.0202. The molecule has 0 saturated heterocycles. The Morgan fingerprint density at radius 2 is 1.90 bits per heavy atom. The third-order valence-electron chi connectivity index (χ3n) is 3.56. The highest BCUT2D eigenvalue weighted by Gasteiger charge is 2.12. The zero-order valence-electron chi connectivity index (χ0n) is 12.3. The van der Waals surface area contributed by atoms with Gasteiger partial charge in [-0.3, -0.25) is 4.79 Å². The first-order valence-electron chi connectivity index (χ1n) is 7.06. The van der Waals surface area contributed by atoms with Gasteiger partial charge in [0.25, 0.3) is 5.91 Å². The zero-order valence-corrected chi connectivity index (χ0v) is 13.1. The average molecular weight is 287 g/mol. The van der Waals surface area contributed by atoms with Crippen molar-refractivity contribution in [3.63, 3.8) is 0 Å². The number of anilines is 1. The number of hydrogen-bond acceptors (Lipinski definition) is 2. The Balaban J connectivity index is 2.03. The van der Waals surface area contributed by atoms with E-state index in [-0.39, 0.29) is 5.91 Å². The summed E-state index contributed by atoms with van der Waals surface area (Å²) in [6, 6.07) is 8.16. The number of nitrogens with one attached hydrogen (secondary N) is 1. The van der Waals surface area contributed by atoms with E-state index < -0.39 is 0 Å². The maximum Gasteiger partial charge on any atom is 0.256 e. The van der Waals surface area contributed by atoms with Gasteiger partial charge < -0.3 is 5.32 Å². The van der Waals surface area contributed by atoms with Gasteiger partial charge >= 0.3 is 0 Å². The van der Waals surface area contributed by atoms with Crippen LogP contribution in [0.4, 0.5) is 5.69 Å². The molecule has 0 radical (unpaired) electrons. The molecule has 1 aromatic carbocycles. The fourth-order valence-corrected chi connectivity index (χ4v) is 2.94. The Morgan fingerprint density at radius 1 is 1.20 bits per heavy atom. The monoisotopic (exact) mass is 287 g/mol. The van der Waals surface area contributed by atoms with Crippen LogP contribution >= 0.6 is 11.3 Å². The lowest BCUT2D eigenvalue weighted by molar-refractivity contribution is 0.102. The van der Waals surface area contributed by atoms with Crippen LogP contribution in [0.3, 0.4) is 0 Å². The van der Waals surface area contributed by atoms with Gasteiger partial charge in [0, 0.05) is 15.9 Å². The number of unbranched alkanes of at least 4 members (excludes halogenated alkanes) is 1. The number of carbonyl (C=O) groups is 1. The molecule has 1 heterocycles. The van der Waals surface area contributed by atoms with Crippen LogP contribution in [0.2, 0.25) is 0 Å². The molecule has 0 aliphatic heterocycles. The van der Waals surface area contributed by atoms with Crippen molar-refractivity contribution in [1.29, 1.82) is 0 Å². The average Bonchev–Trinajstić information content (AvgIpc) is 2.78. The summed E-state index contributed by atoms with van der Waals surface area (Å²) in [4.78, 5) is 13.4. The van der Waals surface area contributed by atoms with Crippen molar-refractivity contribution in [2.24, 2.45) is 0 Å². The summed E-state index contributed by atoms with van der Waals surface area (Å²) in [5.41, 5.74) is 4.04. The third-order valence-corrected chi connectivity index (χ3v) is 4.57. The maximum absolute atomic E-state index is 12.2. The number of benzene rings is 1. The van der Waals surface area contributed by atoms with E-state index in [4.69, 9.17) is 0 Å². The van der Waals surface area contributed by atoms with Gasteiger partial charge in [0.15, 0.2) is 0 Å². The van der Waals surface area contributed by atoms with Gasteiger partial charge in [0.1, 0.15) is 0 Å². The number of hydrogen-bond donors (Lipinski definition) is 1. The second kappa shape index (κ2) is 6.71. The number of amides is 1. The second-order valence-corrected chi connectivity index (χ2v) is 6.17. The SMILES string of the molecule is CCCCc1ccc(NC(=O)c2csc(C)c2C)cc1. The number of carbonyl (C=O) groups excluding carboxylic acids is 1. The topological polar surface area (TPSA) is 29.1 Å². The summed E-state index contributed by atoms with van der Waals surface area (Å²) in [5, 5.41) is 4.89. The molecule has 2 aromatic rings. The minimum Gasteiger partial charge on any atom is -0.322 e. The van der Waals surface area contributed by atoms with E-state index in [1.165, 1.54) is 23.3 Å². The van der Waals surface area contributed by atoms with Crippen molar-refractivity contribution in [3.05, 3.63) is 51.2 Å². The van der Waals surface area contributed by atoms with Gasteiger partial charge in [-0.2, -0.15) is 0 Å². The summed E-state index contributed by atoms with van der Waals surface area (Å²) in [7, 11) is 0. The van der Waals surface area contributed by atoms with Crippen LogP contribution in [0.25, 0.3) is 0 Å². The first kappa shape index (κ1) is 14.8. The molecule has 0 spiro atoms. The van der Waals surface area contributed by atoms with E-state index >= 15 is 0 Å². The molecule has 0 fully saturated rings. The van der Waals surface area contributed by atoms with Crippen molar-refractivity contribution in [1.82, 2.24) is 0 Å². The molecule has 0 aliphatic rings. The lowest BCUT2D eigenvalue weighted by Crippen LogP contribution is -2.12. The highest BCUT2D eigenvalue weighted by molar-refractivity contribution is 7.10. The highest BCUT2D eigenvalue weighted by atomic mass is 32.1. The Hall–Kier alpha value is -1.61. The predicted octanol–water partition coefficient (Wildman–Crippen LogP) is 4.96. The summed E-state index contributed by atoms with van der Waals surface area (Å²) >= 11 is 1.62. The molecule has 1 N–H and O–H groups in total. The molecule has 1 amide bonds. The van der Waals surface area contributed by atoms with Crippen LogP contribution in [-0.4, -0.2) is 5.91 Å². The van der Waals surface area contributed by atoms with Crippen molar-refractivity contribution in [2.75, 3.05) is 5.32 Å². The Bertz CT molecular complexity index is 584. The van der Waals surface area contributed by atoms with E-state index in [0.29, 0.717) is 0 Å². The van der Waals surface area contributed by atoms with Crippen LogP contribution in [0.5, 0.6) is 0 Å². The highest BCUT2D eigenvalue weighted by Crippen LogP contribution is 2.22. The van der Waals surface area contributed by atoms with Crippen molar-refractivity contribution in [3.8, 4) is 0 Å². The van der Waals surface area contributed by atoms with Crippen LogP contribution in [-0.2, 0) is 6.42 Å². The van der Waals surface area contributed by atoms with Crippen molar-refractivity contribution < 1.29 is 4.79 Å². The van der Waals surface area contributed by atoms with Crippen molar-refractivity contribution >= 4 is 22.9 Å². The maximum atomic E-state index is 12.2. The number of rotatable bonds is 5. The van der Waals surface area contributed by atoms with E-state index in [1.54, 1.807) is 11.3 Å². The quantitative estimate of drug-likeness (QED) is 0.827. The lowest BCUT2D eigenvalue weighted by Gasteiger charge is -2.06. The van der Waals surface area contributed by atoms with E-state index in [1.807, 2.05) is 31.4 Å². The van der Waals surface area contributed by atoms with Crippen LogP contribution in [0.1, 0.15) is 46.1 Å². The largest absolute Gasteiger partial charge is 0.322 e. The smallest absolute Gasteiger partial charge is 0.256 e. The molecule has 2 rings (SSSR count). The summed E-state index contributed by atoms with van der Waals surface area (Å²) in [6.45, 7) is 6.23. The van der Waals surface area contributed by atoms with E-state index in [9.17, 15) is 4.79 Å². The fraction of sp³-hybridized carbons (Fsp3) is 0.353. The molecule has 3 heteroatoms. The Morgan fingerprint density at radius 3 is 2.45 bits per heavy atom. The van der Waals surface area contributed by atoms with Gasteiger partial charge in [-0.15, -0.1) is 11.3 Å². The molecule has 0 unspecified atom stereocenters. The molecule has 106 valence electrons. The Kier molecular flexibility index (Phi) is 4.96. The number of thiophene rings is 1. The molecule has 2 nitrogen and oxygen atoms in total. The first-order valence-corrected chi connectivity index (χ1v) is 7.94. The first-order chi connectivity index (χ1) is 9.61. The zero-order chi connectivity index (χ0) is 14.5. The van der Waals surface area contributed by atoms with Crippen LogP contribution in [0.15, 0.2) is 29.6 Å². The minimum absolute atomic E-state index is 0.0202. The van der Waals surface area contributed by atoms with Crippen LogP contribution < -0.4 is 5.32 Å². The number of aryl methyl sites for hydroxylation is 2. The van der Waals surface area contributed by atoms with Crippen molar-refractivity contribution in [2.45, 2.75) is 40.0 Å². The van der Waals surface area contributed by atoms with E-state index in [2.05, 4.69) is 24.4 Å². The second-order valence-electron chi connectivity index (χ2n) is 5.09. The molecule has 0 bridgehead atoms. The van der Waals surface area contributed by atoms with Gasteiger partial charge in [0.2, 0.25) is 0 Å². The molecule has 1 aromatic heterocycles. The molecular formula is C17H21NOS. The standard InChI is InChI=1S/C17H21NOS/c1-4-5-6-14-7-9-15(10-8-14)18-17(19)16-11-20-13(3)12(16)2/h7-11H,4-6H2,1-3H3,(H,18,19). The summed E-state index contributed by atoms with van der Waals surface area (Å²) in [5.74, 6) is -0.0202. The summed E-state index contributed by atoms with van der Waals surface area (Å²) < 4.78 is 0. The molecule has 0 aliphatic carbocycles. The third kappa shape index (κ3) is 3.48. The van der Waals surface area contributed by atoms with Gasteiger partial charge in [0.05, 0.1) is 5.56 Å². The van der Waals surface area contributed by atoms with Gasteiger partial charge in [-0.05, 0) is 49.9 Å². The van der Waals surface area contributed by atoms with Gasteiger partial charge in [-0.25, -0.2) is 0 Å². The summed E-state index contributed by atoms with van der Waals surface area (Å²) in [6.07, 6.45) is 3.52. The normalized spacial score (nSPS) is 10.6. The molecule has 0 saturated carbocycles. The lowest BCUT2D eigenvalue weighted by atomic mass is 10.1. The molecule has 0 atom stereocenters. The molecule has 20 heavy (non-hydrogen) atoms. The molecular weight excluding hydrogens is 266 g/mol. The Labute approximate surface area is 124 Å². The van der Waals surface area contributed by atoms with Gasteiger partial charge in [-0.1, -0.05) is 25.5 Å². The fourth-order valence-electron chi connectivity index (χ4n) is 2.07. The van der Waals surface area contributed by atoms with E-state index in [0.717, 1.165) is 23.2 Å².